The number of pyridine rings is 2. The highest BCUT2D eigenvalue weighted by atomic mass is 15.4. The molecular weight excluding hydrogens is 711 g/mol. The highest BCUT2D eigenvalue weighted by Crippen LogP contribution is 2.45. The molecule has 0 unspecified atom stereocenters. The Kier molecular flexibility index (Phi) is 8.52. The molecule has 0 bridgehead atoms. The Morgan fingerprint density at radius 2 is 1.21 bits per heavy atom. The third kappa shape index (κ3) is 6.03. The summed E-state index contributed by atoms with van der Waals surface area (Å²) in [5, 5.41) is 1.12. The van der Waals surface area contributed by atoms with Gasteiger partial charge in [0.1, 0.15) is 12.5 Å². The second kappa shape index (κ2) is 14.0. The topological polar surface area (TPSA) is 55.0 Å². The van der Waals surface area contributed by atoms with Gasteiger partial charge in [-0.25, -0.2) is 15.0 Å². The van der Waals surface area contributed by atoms with Gasteiger partial charge in [0, 0.05) is 36.2 Å². The summed E-state index contributed by atoms with van der Waals surface area (Å²) in [5.74, 6) is 1.79. The average Bonchev–Trinajstić information content (AvgIpc) is 3.94. The molecule has 0 spiro atoms. The number of anilines is 4. The summed E-state index contributed by atoms with van der Waals surface area (Å²) in [6.07, 6.45) is 5.70. The second-order valence-electron chi connectivity index (χ2n) is 16.0. The molecule has 0 saturated heterocycles. The lowest BCUT2D eigenvalue weighted by molar-refractivity contribution is 0.588. The summed E-state index contributed by atoms with van der Waals surface area (Å²) in [4.78, 5) is 19.5. The Morgan fingerprint density at radius 3 is 1.93 bits per heavy atom. The van der Waals surface area contributed by atoms with E-state index in [2.05, 4.69) is 198 Å². The van der Waals surface area contributed by atoms with Crippen LogP contribution in [0, 0.1) is 0 Å². The second-order valence-corrected chi connectivity index (χ2v) is 16.0. The SMILES string of the molecule is Cn1cnc2c1c1ccc(C(=C(c3ccccc3)c3ccccc3)c3cccc(N4CN(c5ccccc5)c5cccnc54)c3)cc1n2-c1cc(C(C)(C)C)ccn1. The minimum atomic E-state index is -0.0419. The Balaban J connectivity index is 1.22. The van der Waals surface area contributed by atoms with Gasteiger partial charge >= 0.3 is 0 Å². The van der Waals surface area contributed by atoms with Crippen LogP contribution in [-0.4, -0.2) is 30.8 Å². The van der Waals surface area contributed by atoms with E-state index in [0.717, 1.165) is 84.2 Å². The normalized spacial score (nSPS) is 12.7. The number of aryl methyl sites for hydroxylation is 1. The number of hydrogen-bond donors (Lipinski definition) is 0. The van der Waals surface area contributed by atoms with Gasteiger partial charge in [-0.15, -0.1) is 0 Å². The van der Waals surface area contributed by atoms with Crippen LogP contribution < -0.4 is 9.80 Å². The minimum absolute atomic E-state index is 0.0419. The first-order valence-electron chi connectivity index (χ1n) is 19.8. The quantitative estimate of drug-likeness (QED) is 0.152. The smallest absolute Gasteiger partial charge is 0.165 e. The summed E-state index contributed by atoms with van der Waals surface area (Å²) < 4.78 is 4.34. The molecule has 1 aliphatic heterocycles. The molecule has 0 saturated carbocycles. The van der Waals surface area contributed by atoms with Crippen LogP contribution in [-0.2, 0) is 12.5 Å². The van der Waals surface area contributed by atoms with Gasteiger partial charge in [0.2, 0.25) is 0 Å². The lowest BCUT2D eigenvalue weighted by atomic mass is 9.85. The molecule has 0 aliphatic carbocycles. The van der Waals surface area contributed by atoms with E-state index >= 15 is 0 Å². The van der Waals surface area contributed by atoms with Crippen molar-refractivity contribution in [1.82, 2.24) is 24.1 Å². The first-order valence-corrected chi connectivity index (χ1v) is 19.8. The van der Waals surface area contributed by atoms with Gasteiger partial charge in [0.15, 0.2) is 11.5 Å². The molecule has 282 valence electrons. The van der Waals surface area contributed by atoms with Crippen molar-refractivity contribution in [3.63, 3.8) is 0 Å². The van der Waals surface area contributed by atoms with Crippen LogP contribution in [0.2, 0.25) is 0 Å². The maximum absolute atomic E-state index is 4.96. The predicted octanol–water partition coefficient (Wildman–Crippen LogP) is 11.9. The molecule has 1 aliphatic rings. The van der Waals surface area contributed by atoms with E-state index in [0.29, 0.717) is 6.67 Å². The van der Waals surface area contributed by atoms with Crippen LogP contribution >= 0.6 is 0 Å². The van der Waals surface area contributed by atoms with Crippen LogP contribution in [0.4, 0.5) is 22.9 Å². The molecule has 0 fully saturated rings. The number of fused-ring (bicyclic) bond motifs is 4. The van der Waals surface area contributed by atoms with Crippen molar-refractivity contribution < 1.29 is 0 Å². The van der Waals surface area contributed by atoms with Crippen molar-refractivity contribution in [3.05, 3.63) is 204 Å². The van der Waals surface area contributed by atoms with Crippen molar-refractivity contribution in [1.29, 1.82) is 0 Å². The Bertz CT molecular complexity index is 2930. The van der Waals surface area contributed by atoms with Crippen molar-refractivity contribution in [2.45, 2.75) is 26.2 Å². The maximum atomic E-state index is 4.96. The largest absolute Gasteiger partial charge is 0.332 e. The Labute approximate surface area is 338 Å². The van der Waals surface area contributed by atoms with E-state index in [-0.39, 0.29) is 5.41 Å². The molecule has 5 aromatic carbocycles. The lowest BCUT2D eigenvalue weighted by Gasteiger charge is -2.23. The molecule has 4 aromatic heterocycles. The fourth-order valence-electron chi connectivity index (χ4n) is 8.39. The Hall–Kier alpha value is -7.25. The van der Waals surface area contributed by atoms with Crippen molar-refractivity contribution in [2.75, 3.05) is 16.5 Å². The first-order chi connectivity index (χ1) is 28.3. The number of imidazole rings is 1. The summed E-state index contributed by atoms with van der Waals surface area (Å²) in [5.41, 5.74) is 14.2. The van der Waals surface area contributed by atoms with Crippen LogP contribution in [0.1, 0.15) is 48.6 Å². The van der Waals surface area contributed by atoms with Gasteiger partial charge in [-0.05, 0) is 99.0 Å². The summed E-state index contributed by atoms with van der Waals surface area (Å²) >= 11 is 0. The summed E-state index contributed by atoms with van der Waals surface area (Å²) in [6.45, 7) is 7.36. The molecule has 7 heteroatoms. The molecule has 58 heavy (non-hydrogen) atoms. The van der Waals surface area contributed by atoms with Gasteiger partial charge in [-0.1, -0.05) is 124 Å². The van der Waals surface area contributed by atoms with Gasteiger partial charge in [0.05, 0.1) is 23.0 Å². The molecule has 5 heterocycles. The third-order valence-electron chi connectivity index (χ3n) is 11.2. The molecule has 0 amide bonds. The Morgan fingerprint density at radius 1 is 0.552 bits per heavy atom. The summed E-state index contributed by atoms with van der Waals surface area (Å²) in [7, 11) is 2.07. The summed E-state index contributed by atoms with van der Waals surface area (Å²) in [6, 6.07) is 56.4. The zero-order chi connectivity index (χ0) is 39.4. The van der Waals surface area contributed by atoms with E-state index < -0.39 is 0 Å². The minimum Gasteiger partial charge on any atom is -0.332 e. The fraction of sp³-hybridized carbons (Fsp3) is 0.118. The van der Waals surface area contributed by atoms with Crippen molar-refractivity contribution in [3.8, 4) is 5.82 Å². The highest BCUT2D eigenvalue weighted by molar-refractivity contribution is 6.10. The van der Waals surface area contributed by atoms with Gasteiger partial charge in [0.25, 0.3) is 0 Å². The van der Waals surface area contributed by atoms with E-state index in [9.17, 15) is 0 Å². The highest BCUT2D eigenvalue weighted by Gasteiger charge is 2.30. The lowest BCUT2D eigenvalue weighted by Crippen LogP contribution is -2.24. The number of hydrogen-bond acceptors (Lipinski definition) is 5. The standard InChI is InChI=1S/C51H43N7/c1-51(2,3)39-27-29-52-45(32-39)58-44-31-38(25-26-42(44)48-50(58)54-33-55(48)4)47(46(35-16-8-5-9-17-35)36-18-10-6-11-19-36)37-20-14-23-41(30-37)57-34-56(40-21-12-7-13-22-40)43-24-15-28-53-49(43)57/h5-33H,34H2,1-4H3. The van der Waals surface area contributed by atoms with E-state index in [4.69, 9.17) is 15.0 Å². The van der Waals surface area contributed by atoms with Crippen LogP contribution in [0.15, 0.2) is 176 Å². The molecule has 7 nitrogen and oxygen atoms in total. The molecule has 9 aromatic rings. The van der Waals surface area contributed by atoms with E-state index in [1.807, 2.05) is 24.8 Å². The number of aromatic nitrogens is 5. The van der Waals surface area contributed by atoms with Crippen LogP contribution in [0.25, 0.3) is 39.0 Å². The van der Waals surface area contributed by atoms with E-state index in [1.165, 1.54) is 5.56 Å². The molecule has 0 N–H and O–H groups in total. The monoisotopic (exact) mass is 753 g/mol. The van der Waals surface area contributed by atoms with Crippen molar-refractivity contribution >= 4 is 56.1 Å². The van der Waals surface area contributed by atoms with Crippen LogP contribution in [0.5, 0.6) is 0 Å². The molecule has 0 radical (unpaired) electrons. The van der Waals surface area contributed by atoms with Gasteiger partial charge in [-0.3, -0.25) is 4.57 Å². The van der Waals surface area contributed by atoms with Gasteiger partial charge < -0.3 is 14.4 Å². The zero-order valence-electron chi connectivity index (χ0n) is 33.1. The van der Waals surface area contributed by atoms with Crippen LogP contribution in [0.3, 0.4) is 0 Å². The fourth-order valence-corrected chi connectivity index (χ4v) is 8.39. The van der Waals surface area contributed by atoms with E-state index in [1.54, 1.807) is 0 Å². The van der Waals surface area contributed by atoms with Gasteiger partial charge in [-0.2, -0.15) is 0 Å². The molecular formula is C51H43N7. The number of benzene rings is 5. The third-order valence-corrected chi connectivity index (χ3v) is 11.2. The number of nitrogens with zero attached hydrogens (tertiary/aromatic N) is 7. The number of rotatable bonds is 7. The zero-order valence-corrected chi connectivity index (χ0v) is 33.1. The number of para-hydroxylation sites is 1. The average molecular weight is 754 g/mol. The first kappa shape index (κ1) is 35.2. The predicted molar refractivity (Wildman–Crippen MR) is 238 cm³/mol. The van der Waals surface area contributed by atoms with Crippen molar-refractivity contribution in [2.24, 2.45) is 7.05 Å². The molecule has 0 atom stereocenters. The molecule has 10 rings (SSSR count). The maximum Gasteiger partial charge on any atom is 0.165 e.